The Hall–Kier alpha value is -3.14. The van der Waals surface area contributed by atoms with Crippen molar-refractivity contribution in [3.05, 3.63) is 102 Å². The number of benzene rings is 3. The van der Waals surface area contributed by atoms with Crippen LogP contribution < -0.4 is 14.2 Å². The van der Waals surface area contributed by atoms with Gasteiger partial charge in [0.15, 0.2) is 0 Å². The van der Waals surface area contributed by atoms with Gasteiger partial charge in [-0.2, -0.15) is 8.42 Å². The number of carbonyl (C=O) groups is 2. The Morgan fingerprint density at radius 2 is 1.57 bits per heavy atom. The van der Waals surface area contributed by atoms with Crippen molar-refractivity contribution in [1.82, 2.24) is 0 Å². The fourth-order valence-electron chi connectivity index (χ4n) is 3.39. The molecule has 0 N–H and O–H groups in total. The van der Waals surface area contributed by atoms with Gasteiger partial charge < -0.3 is 19.0 Å². The average Bonchev–Trinajstić information content (AvgIpc) is 2.83. The molecule has 0 fully saturated rings. The van der Waals surface area contributed by atoms with Crippen LogP contribution in [0.3, 0.4) is 0 Å². The van der Waals surface area contributed by atoms with Gasteiger partial charge in [0.1, 0.15) is 5.75 Å². The maximum atomic E-state index is 13.2. The molecular formula is C28H30MgNO6S+. The minimum Gasteiger partial charge on any atom is -0.550 e. The molecule has 0 aromatic heterocycles. The number of anilines is 1. The summed E-state index contributed by atoms with van der Waals surface area (Å²) in [4.78, 5) is 25.9. The molecule has 190 valence electrons. The normalized spacial score (nSPS) is 11.6. The Morgan fingerprint density at radius 1 is 0.973 bits per heavy atom. The molecule has 3 rings (SSSR count). The van der Waals surface area contributed by atoms with Gasteiger partial charge in [-0.1, -0.05) is 69.0 Å². The van der Waals surface area contributed by atoms with Crippen LogP contribution in [0.15, 0.2) is 84.9 Å². The summed E-state index contributed by atoms with van der Waals surface area (Å²) in [6, 6.07) is 22.7. The van der Waals surface area contributed by atoms with Crippen molar-refractivity contribution in [2.75, 3.05) is 17.7 Å². The minimum atomic E-state index is -3.59. The van der Waals surface area contributed by atoms with Crippen molar-refractivity contribution < 1.29 is 27.3 Å². The number of carboxylic acids is 1. The summed E-state index contributed by atoms with van der Waals surface area (Å²) < 4.78 is 27.3. The van der Waals surface area contributed by atoms with Gasteiger partial charge in [-0.25, -0.2) is 0 Å². The summed E-state index contributed by atoms with van der Waals surface area (Å²) in [5.41, 5.74) is 2.86. The van der Waals surface area contributed by atoms with E-state index in [2.05, 4.69) is 0 Å². The first-order chi connectivity index (χ1) is 16.6. The van der Waals surface area contributed by atoms with Crippen LogP contribution in [-0.4, -0.2) is 56.1 Å². The summed E-state index contributed by atoms with van der Waals surface area (Å²) in [6.45, 7) is 1.88. The molecule has 37 heavy (non-hydrogen) atoms. The van der Waals surface area contributed by atoms with E-state index < -0.39 is 22.0 Å². The number of carboxylic acid groups (broad SMARTS) is 1. The molecule has 7 nitrogen and oxygen atoms in total. The van der Waals surface area contributed by atoms with E-state index in [1.165, 1.54) is 0 Å². The smallest absolute Gasteiger partial charge is 0.550 e. The van der Waals surface area contributed by atoms with Crippen LogP contribution in [0.4, 0.5) is 5.69 Å². The van der Waals surface area contributed by atoms with E-state index in [1.807, 2.05) is 30.4 Å². The molecule has 0 heterocycles. The molecule has 0 spiro atoms. The van der Waals surface area contributed by atoms with E-state index in [-0.39, 0.29) is 48.7 Å². The molecule has 0 unspecified atom stereocenters. The zero-order valence-corrected chi connectivity index (χ0v) is 22.4. The number of hydrogen-bond donors (Lipinski definition) is 0. The summed E-state index contributed by atoms with van der Waals surface area (Å²) in [5.74, 6) is -1.67. The molecule has 0 aliphatic heterocycles. The van der Waals surface area contributed by atoms with E-state index >= 15 is 0 Å². The second-order valence-corrected chi connectivity index (χ2v) is 9.71. The molecule has 1 atom stereocenters. The monoisotopic (exact) mass is 532 g/mol. The topological polar surface area (TPSA) is 104 Å². The third-order valence-corrected chi connectivity index (χ3v) is 5.68. The van der Waals surface area contributed by atoms with Gasteiger partial charge in [-0.3, -0.25) is 4.79 Å². The van der Waals surface area contributed by atoms with Gasteiger partial charge in [0.2, 0.25) is 0 Å². The van der Waals surface area contributed by atoms with Gasteiger partial charge in [0, 0.05) is 23.8 Å². The molecule has 0 saturated heterocycles. The van der Waals surface area contributed by atoms with Gasteiger partial charge in [-0.05, 0) is 59.9 Å². The quantitative estimate of drug-likeness (QED) is 0.292. The molecule has 1 amide bonds. The summed E-state index contributed by atoms with van der Waals surface area (Å²) >= 11 is 0. The molecule has 0 bridgehead atoms. The van der Waals surface area contributed by atoms with Crippen molar-refractivity contribution in [2.45, 2.75) is 20.8 Å². The molecule has 0 aliphatic rings. The number of amides is 1. The SMILES string of the molecule is C.C[C@@H](Cc1ccc(N(C/C=C/c2ccc(OS(C)(=O)=O)cc2)C(=O)c2ccccc2)cc1)C(=O)[O-].[Mg+2]. The molecule has 3 aromatic rings. The Morgan fingerprint density at radius 3 is 2.11 bits per heavy atom. The Kier molecular flexibility index (Phi) is 12.5. The third-order valence-electron chi connectivity index (χ3n) is 5.18. The summed E-state index contributed by atoms with van der Waals surface area (Å²) in [5, 5.41) is 11.0. The number of nitrogens with zero attached hydrogens (tertiary/aromatic N) is 1. The number of carbonyl (C=O) groups excluding carboxylic acids is 2. The third kappa shape index (κ3) is 10.0. The van der Waals surface area contributed by atoms with Crippen LogP contribution in [0, 0.1) is 5.92 Å². The van der Waals surface area contributed by atoms with E-state index in [1.54, 1.807) is 72.5 Å². The molecule has 0 aliphatic carbocycles. The maximum Gasteiger partial charge on any atom is 2.00 e. The first kappa shape index (κ1) is 31.9. The molecule has 0 saturated carbocycles. The Balaban J connectivity index is 0.00000342. The molecule has 0 radical (unpaired) electrons. The van der Waals surface area contributed by atoms with Crippen molar-refractivity contribution in [2.24, 2.45) is 5.92 Å². The minimum absolute atomic E-state index is 0. The first-order valence-corrected chi connectivity index (χ1v) is 12.8. The number of rotatable bonds is 10. The van der Waals surface area contributed by atoms with E-state index in [9.17, 15) is 23.1 Å². The van der Waals surface area contributed by atoms with Crippen LogP contribution in [0.5, 0.6) is 5.75 Å². The molecular weight excluding hydrogens is 503 g/mol. The van der Waals surface area contributed by atoms with E-state index in [4.69, 9.17) is 4.18 Å². The fourth-order valence-corrected chi connectivity index (χ4v) is 3.86. The standard InChI is InChI=1S/C27H27NO6S.CH4.Mg/c1-20(27(30)31)19-22-10-14-24(15-11-22)28(26(29)23-8-4-3-5-9-23)18-6-7-21-12-16-25(17-13-21)34-35(2,32)33;;/h3-17,20H,18-19H2,1-2H3,(H,30,31);1H4;/q;;+2/p-1/b7-6+;;/t20-;;/m0../s1. The number of aliphatic carboxylic acids is 1. The summed E-state index contributed by atoms with van der Waals surface area (Å²) in [7, 11) is -3.59. The predicted molar refractivity (Wildman–Crippen MR) is 146 cm³/mol. The molecule has 3 aromatic carbocycles. The van der Waals surface area contributed by atoms with Gasteiger partial charge in [0.25, 0.3) is 5.91 Å². The predicted octanol–water partition coefficient (Wildman–Crippen LogP) is 3.57. The zero-order chi connectivity index (χ0) is 25.4. The van der Waals surface area contributed by atoms with Crippen LogP contribution in [0.2, 0.25) is 0 Å². The van der Waals surface area contributed by atoms with Crippen LogP contribution >= 0.6 is 0 Å². The van der Waals surface area contributed by atoms with Gasteiger partial charge in [0.05, 0.1) is 6.26 Å². The largest absolute Gasteiger partial charge is 2.00 e. The van der Waals surface area contributed by atoms with Crippen LogP contribution in [0.1, 0.15) is 35.8 Å². The van der Waals surface area contributed by atoms with E-state index in [0.29, 0.717) is 17.7 Å². The average molecular weight is 533 g/mol. The Labute approximate surface area is 235 Å². The van der Waals surface area contributed by atoms with E-state index in [0.717, 1.165) is 17.4 Å². The summed E-state index contributed by atoms with van der Waals surface area (Å²) in [6.07, 6.45) is 4.98. The second-order valence-electron chi connectivity index (χ2n) is 8.13. The van der Waals surface area contributed by atoms with Crippen molar-refractivity contribution in [3.63, 3.8) is 0 Å². The van der Waals surface area contributed by atoms with Crippen molar-refractivity contribution in [1.29, 1.82) is 0 Å². The fraction of sp³-hybridized carbons (Fsp3) is 0.214. The van der Waals surface area contributed by atoms with Crippen LogP contribution in [-0.2, 0) is 21.3 Å². The molecule has 9 heteroatoms. The van der Waals surface area contributed by atoms with Gasteiger partial charge >= 0.3 is 33.2 Å². The number of hydrogen-bond acceptors (Lipinski definition) is 6. The van der Waals surface area contributed by atoms with Crippen molar-refractivity contribution in [3.8, 4) is 5.75 Å². The zero-order valence-electron chi connectivity index (χ0n) is 20.2. The van der Waals surface area contributed by atoms with Gasteiger partial charge in [-0.15, -0.1) is 0 Å². The van der Waals surface area contributed by atoms with Crippen LogP contribution in [0.25, 0.3) is 6.08 Å². The Bertz CT molecular complexity index is 1290. The maximum absolute atomic E-state index is 13.2. The second kappa shape index (κ2) is 14.6. The van der Waals surface area contributed by atoms with Crippen molar-refractivity contribution >= 4 is 56.8 Å². The first-order valence-electron chi connectivity index (χ1n) is 10.9.